The number of rotatable bonds is 5. The second kappa shape index (κ2) is 9.14. The summed E-state index contributed by atoms with van der Waals surface area (Å²) in [4.78, 5) is 27.5. The molecule has 1 aromatic heterocycles. The summed E-state index contributed by atoms with van der Waals surface area (Å²) < 4.78 is 17.4. The van der Waals surface area contributed by atoms with Crippen LogP contribution in [0.2, 0.25) is 0 Å². The van der Waals surface area contributed by atoms with E-state index in [-0.39, 0.29) is 29.6 Å². The Morgan fingerprint density at radius 1 is 1.15 bits per heavy atom. The van der Waals surface area contributed by atoms with Gasteiger partial charge in [0.15, 0.2) is 6.61 Å². The van der Waals surface area contributed by atoms with Crippen LogP contribution in [0, 0.1) is 12.8 Å². The Labute approximate surface area is 197 Å². The maximum absolute atomic E-state index is 13.0. The third-order valence-electron chi connectivity index (χ3n) is 7.09. The predicted molar refractivity (Wildman–Crippen MR) is 127 cm³/mol. The van der Waals surface area contributed by atoms with Crippen LogP contribution in [-0.2, 0) is 4.79 Å². The molecule has 3 aromatic rings. The van der Waals surface area contributed by atoms with Gasteiger partial charge in [-0.25, -0.2) is 0 Å². The van der Waals surface area contributed by atoms with Crippen molar-refractivity contribution in [3.8, 4) is 17.2 Å². The number of benzene rings is 2. The lowest BCUT2D eigenvalue weighted by Crippen LogP contribution is -2.55. The van der Waals surface area contributed by atoms with E-state index in [1.54, 1.807) is 42.2 Å². The quantitative estimate of drug-likeness (QED) is 0.602. The van der Waals surface area contributed by atoms with Gasteiger partial charge in [0, 0.05) is 25.1 Å². The van der Waals surface area contributed by atoms with Gasteiger partial charge >= 0.3 is 0 Å². The highest BCUT2D eigenvalue weighted by Crippen LogP contribution is 2.39. The number of para-hydroxylation sites is 1. The minimum atomic E-state index is -0.618. The first kappa shape index (κ1) is 22.5. The van der Waals surface area contributed by atoms with Crippen LogP contribution in [0.5, 0.6) is 17.2 Å². The molecule has 7 heteroatoms. The van der Waals surface area contributed by atoms with Crippen LogP contribution in [-0.4, -0.2) is 41.2 Å². The molecule has 0 unspecified atom stereocenters. The molecule has 2 aliphatic rings. The fourth-order valence-corrected chi connectivity index (χ4v) is 5.12. The lowest BCUT2D eigenvalue weighted by molar-refractivity contribution is -0.145. The number of hydrogen-bond donors (Lipinski definition) is 1. The molecule has 2 atom stereocenters. The Hall–Kier alpha value is -3.32. The van der Waals surface area contributed by atoms with E-state index >= 15 is 0 Å². The summed E-state index contributed by atoms with van der Waals surface area (Å²) in [5, 5.41) is 11.2. The zero-order chi connectivity index (χ0) is 23.7. The minimum Gasteiger partial charge on any atom is -0.484 e. The molecule has 178 valence electrons. The summed E-state index contributed by atoms with van der Waals surface area (Å²) in [5.41, 5.74) is -0.510. The van der Waals surface area contributed by atoms with Crippen molar-refractivity contribution in [3.63, 3.8) is 0 Å². The molecule has 0 radical (unpaired) electrons. The van der Waals surface area contributed by atoms with Crippen molar-refractivity contribution in [1.82, 2.24) is 4.90 Å². The Morgan fingerprint density at radius 2 is 1.97 bits per heavy atom. The number of amides is 1. The van der Waals surface area contributed by atoms with Gasteiger partial charge in [0.05, 0.1) is 11.0 Å². The Bertz CT molecular complexity index is 1250. The van der Waals surface area contributed by atoms with Crippen LogP contribution in [0.4, 0.5) is 0 Å². The van der Waals surface area contributed by atoms with Crippen molar-refractivity contribution in [2.24, 2.45) is 5.92 Å². The molecular weight excluding hydrogens is 434 g/mol. The molecule has 5 rings (SSSR count). The molecule has 2 aromatic carbocycles. The monoisotopic (exact) mass is 463 g/mol. The number of hydrogen-bond acceptors (Lipinski definition) is 6. The number of fused-ring (bicyclic) bond motifs is 2. The van der Waals surface area contributed by atoms with Gasteiger partial charge in [-0.3, -0.25) is 9.59 Å². The average molecular weight is 464 g/mol. The Balaban J connectivity index is 1.27. The third kappa shape index (κ3) is 4.40. The summed E-state index contributed by atoms with van der Waals surface area (Å²) >= 11 is 0. The number of carbonyl (C=O) groups excluding carboxylic acids is 1. The molecule has 1 amide bonds. The molecule has 0 bridgehead atoms. The van der Waals surface area contributed by atoms with Crippen molar-refractivity contribution in [1.29, 1.82) is 0 Å². The summed E-state index contributed by atoms with van der Waals surface area (Å²) in [5.74, 6) is 1.56. The molecular formula is C27H29NO6. The number of nitrogens with zero attached hydrogens (tertiary/aromatic N) is 1. The highest BCUT2D eigenvalue weighted by Gasteiger charge is 2.43. The summed E-state index contributed by atoms with van der Waals surface area (Å²) in [7, 11) is 0. The van der Waals surface area contributed by atoms with Crippen molar-refractivity contribution < 1.29 is 23.8 Å². The lowest BCUT2D eigenvalue weighted by atomic mass is 9.71. The van der Waals surface area contributed by atoms with E-state index in [2.05, 4.69) is 0 Å². The fourth-order valence-electron chi connectivity index (χ4n) is 5.12. The molecule has 0 spiro atoms. The van der Waals surface area contributed by atoms with Crippen molar-refractivity contribution >= 4 is 16.9 Å². The van der Waals surface area contributed by atoms with E-state index in [1.807, 2.05) is 18.2 Å². The summed E-state index contributed by atoms with van der Waals surface area (Å²) in [6, 6.07) is 14.0. The van der Waals surface area contributed by atoms with Crippen molar-refractivity contribution in [2.45, 2.75) is 44.6 Å². The van der Waals surface area contributed by atoms with Crippen LogP contribution >= 0.6 is 0 Å². The number of carbonyl (C=O) groups is 1. The topological polar surface area (TPSA) is 89.2 Å². The van der Waals surface area contributed by atoms with Gasteiger partial charge < -0.3 is 23.9 Å². The number of piperidine rings is 1. The van der Waals surface area contributed by atoms with E-state index in [4.69, 9.17) is 13.9 Å². The van der Waals surface area contributed by atoms with Crippen LogP contribution in [0.1, 0.15) is 37.9 Å². The van der Waals surface area contributed by atoms with Gasteiger partial charge in [-0.15, -0.1) is 0 Å². The normalized spacial score (nSPS) is 22.3. The zero-order valence-corrected chi connectivity index (χ0v) is 19.3. The van der Waals surface area contributed by atoms with Crippen LogP contribution in [0.3, 0.4) is 0 Å². The van der Waals surface area contributed by atoms with Gasteiger partial charge in [0.1, 0.15) is 22.8 Å². The lowest BCUT2D eigenvalue weighted by Gasteiger charge is -2.47. The maximum Gasteiger partial charge on any atom is 0.260 e. The second-order valence-corrected chi connectivity index (χ2v) is 9.31. The summed E-state index contributed by atoms with van der Waals surface area (Å²) in [6.45, 7) is 2.70. The SMILES string of the molecule is Cc1oc2cc(OCC(=O)N3CC[C@]4(O)CCCC[C@H]4C3)ccc2c(=O)c1Oc1ccccc1. The van der Waals surface area contributed by atoms with E-state index in [0.29, 0.717) is 47.7 Å². The highest BCUT2D eigenvalue weighted by molar-refractivity contribution is 5.80. The molecule has 1 aliphatic heterocycles. The molecule has 1 N–H and O–H groups in total. The van der Waals surface area contributed by atoms with Crippen LogP contribution in [0.25, 0.3) is 11.0 Å². The first-order valence-corrected chi connectivity index (χ1v) is 11.9. The Kier molecular flexibility index (Phi) is 6.04. The molecule has 7 nitrogen and oxygen atoms in total. The van der Waals surface area contributed by atoms with E-state index in [0.717, 1.165) is 25.7 Å². The molecule has 2 fully saturated rings. The number of ether oxygens (including phenoxy) is 2. The fraction of sp³-hybridized carbons (Fsp3) is 0.407. The van der Waals surface area contributed by atoms with Gasteiger partial charge in [-0.05, 0) is 50.5 Å². The molecule has 34 heavy (non-hydrogen) atoms. The molecule has 2 heterocycles. The van der Waals surface area contributed by atoms with Gasteiger partial charge in [0.2, 0.25) is 11.2 Å². The van der Waals surface area contributed by atoms with Crippen molar-refractivity contribution in [3.05, 3.63) is 64.5 Å². The van der Waals surface area contributed by atoms with Crippen LogP contribution < -0.4 is 14.9 Å². The number of likely N-dealkylation sites (tertiary alicyclic amines) is 1. The maximum atomic E-state index is 13.0. The summed E-state index contributed by atoms with van der Waals surface area (Å²) in [6.07, 6.45) is 4.57. The van der Waals surface area contributed by atoms with E-state index in [9.17, 15) is 14.7 Å². The zero-order valence-electron chi connectivity index (χ0n) is 19.3. The first-order chi connectivity index (χ1) is 16.4. The highest BCUT2D eigenvalue weighted by atomic mass is 16.5. The number of aryl methyl sites for hydroxylation is 1. The van der Waals surface area contributed by atoms with Gasteiger partial charge in [-0.2, -0.15) is 0 Å². The molecule has 1 aliphatic carbocycles. The van der Waals surface area contributed by atoms with Gasteiger partial charge in [-0.1, -0.05) is 31.0 Å². The Morgan fingerprint density at radius 3 is 2.79 bits per heavy atom. The third-order valence-corrected chi connectivity index (χ3v) is 7.09. The largest absolute Gasteiger partial charge is 0.484 e. The molecule has 1 saturated carbocycles. The first-order valence-electron chi connectivity index (χ1n) is 11.9. The van der Waals surface area contributed by atoms with E-state index in [1.165, 1.54) is 0 Å². The van der Waals surface area contributed by atoms with Crippen LogP contribution in [0.15, 0.2) is 57.7 Å². The minimum absolute atomic E-state index is 0.100. The van der Waals surface area contributed by atoms with E-state index < -0.39 is 5.60 Å². The molecule has 1 saturated heterocycles. The smallest absolute Gasteiger partial charge is 0.260 e. The van der Waals surface area contributed by atoms with Gasteiger partial charge in [0.25, 0.3) is 5.91 Å². The second-order valence-electron chi connectivity index (χ2n) is 9.31. The average Bonchev–Trinajstić information content (AvgIpc) is 2.85. The number of aliphatic hydroxyl groups is 1. The standard InChI is InChI=1S/C27H29NO6/c1-18-26(34-20-8-3-2-4-9-20)25(30)22-11-10-21(15-23(22)33-18)32-17-24(29)28-14-13-27(31)12-6-5-7-19(27)16-28/h2-4,8-11,15,19,31H,5-7,12-14,16-17H2,1H3/t19-,27+/m0/s1. The van der Waals surface area contributed by atoms with Crippen molar-refractivity contribution in [2.75, 3.05) is 19.7 Å². The predicted octanol–water partition coefficient (Wildman–Crippen LogP) is 4.43.